The summed E-state index contributed by atoms with van der Waals surface area (Å²) in [6.07, 6.45) is 4.17. The van der Waals surface area contributed by atoms with E-state index in [9.17, 15) is 0 Å². The topological polar surface area (TPSA) is 59.9 Å². The van der Waals surface area contributed by atoms with Gasteiger partial charge in [-0.1, -0.05) is 59.8 Å². The van der Waals surface area contributed by atoms with Crippen LogP contribution in [0, 0.1) is 0 Å². The van der Waals surface area contributed by atoms with Gasteiger partial charge in [0.2, 0.25) is 11.0 Å². The number of aromatic nitrogens is 3. The summed E-state index contributed by atoms with van der Waals surface area (Å²) in [6.45, 7) is 0. The van der Waals surface area contributed by atoms with Crippen molar-refractivity contribution in [2.45, 2.75) is 42.3 Å². The number of nitrogens with zero attached hydrogens (tertiary/aromatic N) is 3. The molecule has 1 spiro atoms. The lowest BCUT2D eigenvalue weighted by Gasteiger charge is -2.30. The Morgan fingerprint density at radius 2 is 1.82 bits per heavy atom. The van der Waals surface area contributed by atoms with Crippen molar-refractivity contribution in [1.82, 2.24) is 15.2 Å². The van der Waals surface area contributed by atoms with Gasteiger partial charge in [0.1, 0.15) is 0 Å². The summed E-state index contributed by atoms with van der Waals surface area (Å²) in [5.74, 6) is 1.23. The molecule has 1 fully saturated rings. The Bertz CT molecular complexity index is 1020. The monoisotopic (exact) mass is 410 g/mol. The summed E-state index contributed by atoms with van der Waals surface area (Å²) in [6, 6.07) is 15.9. The minimum atomic E-state index is -0.415. The summed E-state index contributed by atoms with van der Waals surface area (Å²) in [4.78, 5) is 4.72. The molecule has 28 heavy (non-hydrogen) atoms. The summed E-state index contributed by atoms with van der Waals surface area (Å²) >= 11 is 7.77. The molecule has 5 rings (SSSR count). The Kier molecular flexibility index (Phi) is 4.61. The molecule has 7 heteroatoms. The van der Waals surface area contributed by atoms with E-state index in [1.54, 1.807) is 0 Å². The number of para-hydroxylation sites is 1. The Labute approximate surface area is 172 Å². The predicted molar refractivity (Wildman–Crippen MR) is 112 cm³/mol. The van der Waals surface area contributed by atoms with E-state index in [-0.39, 0.29) is 0 Å². The highest BCUT2D eigenvalue weighted by molar-refractivity contribution is 7.98. The molecule has 0 unspecified atom stereocenters. The molecule has 0 atom stereocenters. The molecular weight excluding hydrogens is 392 g/mol. The maximum absolute atomic E-state index is 6.44. The molecule has 5 nitrogen and oxygen atoms in total. The van der Waals surface area contributed by atoms with E-state index in [0.717, 1.165) is 47.5 Å². The highest BCUT2D eigenvalue weighted by Gasteiger charge is 2.40. The fourth-order valence-electron chi connectivity index (χ4n) is 3.78. The number of fused-ring (bicyclic) bond motifs is 3. The summed E-state index contributed by atoms with van der Waals surface area (Å²) < 4.78 is 6.44. The van der Waals surface area contributed by atoms with Gasteiger partial charge < -0.3 is 10.1 Å². The smallest absolute Gasteiger partial charge is 0.247 e. The zero-order chi connectivity index (χ0) is 19.0. The first-order chi connectivity index (χ1) is 13.7. The molecule has 1 aliphatic carbocycles. The van der Waals surface area contributed by atoms with E-state index in [1.807, 2.05) is 42.5 Å². The van der Waals surface area contributed by atoms with Crippen LogP contribution in [0.3, 0.4) is 0 Å². The normalized spacial score (nSPS) is 16.6. The van der Waals surface area contributed by atoms with E-state index in [2.05, 4.69) is 21.6 Å². The number of benzene rings is 2. The first-order valence-corrected chi connectivity index (χ1v) is 10.8. The largest absolute Gasteiger partial charge is 0.449 e. The number of hydrogen-bond donors (Lipinski definition) is 1. The second kappa shape index (κ2) is 7.26. The number of hydrogen-bond acceptors (Lipinski definition) is 6. The van der Waals surface area contributed by atoms with Gasteiger partial charge in [0.25, 0.3) is 0 Å². The second-order valence-electron chi connectivity index (χ2n) is 7.10. The third-order valence-electron chi connectivity index (χ3n) is 5.20. The Balaban J connectivity index is 1.49. The van der Waals surface area contributed by atoms with Crippen molar-refractivity contribution in [2.24, 2.45) is 0 Å². The van der Waals surface area contributed by atoms with Crippen molar-refractivity contribution in [1.29, 1.82) is 0 Å². The summed E-state index contributed by atoms with van der Waals surface area (Å²) in [5, 5.41) is 13.8. The van der Waals surface area contributed by atoms with Crippen LogP contribution in [0.4, 0.5) is 5.69 Å². The van der Waals surface area contributed by atoms with Crippen LogP contribution in [0.5, 0.6) is 5.88 Å². The van der Waals surface area contributed by atoms with Gasteiger partial charge in [-0.3, -0.25) is 0 Å². The van der Waals surface area contributed by atoms with Crippen molar-refractivity contribution in [3.63, 3.8) is 0 Å². The molecule has 142 valence electrons. The number of ether oxygens (including phenoxy) is 1. The van der Waals surface area contributed by atoms with Gasteiger partial charge in [0.15, 0.2) is 11.4 Å². The van der Waals surface area contributed by atoms with Gasteiger partial charge in [-0.2, -0.15) is 4.98 Å². The number of nitrogens with one attached hydrogen (secondary N) is 1. The average Bonchev–Trinajstić information content (AvgIpc) is 3.10. The molecule has 0 bridgehead atoms. The van der Waals surface area contributed by atoms with Crippen molar-refractivity contribution in [2.75, 3.05) is 5.32 Å². The zero-order valence-corrected chi connectivity index (χ0v) is 16.8. The van der Waals surface area contributed by atoms with Crippen molar-refractivity contribution in [3.8, 4) is 17.1 Å². The van der Waals surface area contributed by atoms with Gasteiger partial charge in [-0.05, 0) is 30.5 Å². The molecule has 2 heterocycles. The SMILES string of the molecule is Clc1ccccc1CSc1nnc2c(n1)OC1(CCCC1)Nc1ccccc1-2. The highest BCUT2D eigenvalue weighted by atomic mass is 35.5. The maximum Gasteiger partial charge on any atom is 0.247 e. The van der Waals surface area contributed by atoms with Crippen LogP contribution in [0.2, 0.25) is 5.02 Å². The van der Waals surface area contributed by atoms with Crippen LogP contribution in [-0.2, 0) is 5.75 Å². The van der Waals surface area contributed by atoms with Gasteiger partial charge in [0, 0.05) is 34.9 Å². The number of rotatable bonds is 3. The van der Waals surface area contributed by atoms with Gasteiger partial charge in [-0.15, -0.1) is 10.2 Å². The Morgan fingerprint density at radius 3 is 2.68 bits per heavy atom. The van der Waals surface area contributed by atoms with Crippen LogP contribution in [0.25, 0.3) is 11.3 Å². The van der Waals surface area contributed by atoms with Crippen LogP contribution < -0.4 is 10.1 Å². The van der Waals surface area contributed by atoms with Crippen LogP contribution in [0.1, 0.15) is 31.2 Å². The Morgan fingerprint density at radius 1 is 1.04 bits per heavy atom. The summed E-state index contributed by atoms with van der Waals surface area (Å²) in [5.41, 5.74) is 3.32. The molecule has 1 aromatic heterocycles. The first kappa shape index (κ1) is 17.8. The average molecular weight is 411 g/mol. The quantitative estimate of drug-likeness (QED) is 0.570. The number of anilines is 1. The van der Waals surface area contributed by atoms with Gasteiger partial charge in [0.05, 0.1) is 0 Å². The second-order valence-corrected chi connectivity index (χ2v) is 8.45. The standard InChI is InChI=1S/C21H19ClN4OS/c22-16-9-3-1-7-14(16)13-28-20-23-19-18(25-26-20)15-8-2-4-10-17(15)24-21(27-19)11-5-6-12-21/h1-4,7-10,24H,5-6,11-13H2. The fraction of sp³-hybridized carbons (Fsp3) is 0.286. The maximum atomic E-state index is 6.44. The van der Waals surface area contributed by atoms with E-state index >= 15 is 0 Å². The van der Waals surface area contributed by atoms with E-state index in [1.165, 1.54) is 11.8 Å². The lowest BCUT2D eigenvalue weighted by Crippen LogP contribution is -2.41. The summed E-state index contributed by atoms with van der Waals surface area (Å²) in [7, 11) is 0. The minimum Gasteiger partial charge on any atom is -0.449 e. The van der Waals surface area contributed by atoms with Gasteiger partial charge in [-0.25, -0.2) is 0 Å². The molecule has 1 N–H and O–H groups in total. The molecule has 1 saturated carbocycles. The lowest BCUT2D eigenvalue weighted by molar-refractivity contribution is 0.101. The van der Waals surface area contributed by atoms with Crippen molar-refractivity contribution >= 4 is 29.1 Å². The molecule has 0 radical (unpaired) electrons. The lowest BCUT2D eigenvalue weighted by atomic mass is 10.1. The zero-order valence-electron chi connectivity index (χ0n) is 15.2. The minimum absolute atomic E-state index is 0.415. The third-order valence-corrected chi connectivity index (χ3v) is 6.45. The van der Waals surface area contributed by atoms with Gasteiger partial charge >= 0.3 is 0 Å². The van der Waals surface area contributed by atoms with E-state index in [4.69, 9.17) is 21.3 Å². The van der Waals surface area contributed by atoms with E-state index < -0.39 is 5.72 Å². The third kappa shape index (κ3) is 3.31. The Hall–Kier alpha value is -2.31. The fourth-order valence-corrected chi connectivity index (χ4v) is 4.85. The molecule has 0 saturated heterocycles. The van der Waals surface area contributed by atoms with Crippen LogP contribution >= 0.6 is 23.4 Å². The first-order valence-electron chi connectivity index (χ1n) is 9.40. The molecule has 2 aliphatic rings. The molecule has 0 amide bonds. The molecule has 3 aromatic rings. The highest BCUT2D eigenvalue weighted by Crippen LogP contribution is 2.44. The number of halogens is 1. The van der Waals surface area contributed by atoms with Crippen LogP contribution in [0.15, 0.2) is 53.7 Å². The van der Waals surface area contributed by atoms with Crippen molar-refractivity contribution in [3.05, 3.63) is 59.1 Å². The van der Waals surface area contributed by atoms with Crippen LogP contribution in [-0.4, -0.2) is 20.9 Å². The number of thioether (sulfide) groups is 1. The van der Waals surface area contributed by atoms with Crippen molar-refractivity contribution < 1.29 is 4.74 Å². The van der Waals surface area contributed by atoms with E-state index in [0.29, 0.717) is 22.5 Å². The molecule has 1 aliphatic heterocycles. The molecule has 2 aromatic carbocycles. The predicted octanol–water partition coefficient (Wildman–Crippen LogP) is 5.56. The molecular formula is C21H19ClN4OS.